The topological polar surface area (TPSA) is 116 Å². The summed E-state index contributed by atoms with van der Waals surface area (Å²) in [6, 6.07) is 5.27. The van der Waals surface area contributed by atoms with Gasteiger partial charge in [0.1, 0.15) is 0 Å². The van der Waals surface area contributed by atoms with Crippen molar-refractivity contribution in [1.82, 2.24) is 5.32 Å². The summed E-state index contributed by atoms with van der Waals surface area (Å²) in [6.07, 6.45) is -0.369. The minimum atomic E-state index is -1.10. The van der Waals surface area contributed by atoms with Crippen molar-refractivity contribution in [2.75, 3.05) is 18.5 Å². The van der Waals surface area contributed by atoms with Crippen molar-refractivity contribution in [2.24, 2.45) is 0 Å². The Labute approximate surface area is 122 Å². The molecular formula is C14H18N2O5. The summed E-state index contributed by atoms with van der Waals surface area (Å²) in [5.41, 5.74) is 0.887. The molecule has 0 aliphatic rings. The van der Waals surface area contributed by atoms with E-state index in [-0.39, 0.29) is 31.3 Å². The molecule has 7 nitrogen and oxygen atoms in total. The van der Waals surface area contributed by atoms with Gasteiger partial charge in [-0.15, -0.1) is 0 Å². The lowest BCUT2D eigenvalue weighted by Gasteiger charge is -2.15. The summed E-state index contributed by atoms with van der Waals surface area (Å²) in [5, 5.41) is 22.8. The van der Waals surface area contributed by atoms with Gasteiger partial charge in [0.2, 0.25) is 5.91 Å². The second-order valence-corrected chi connectivity index (χ2v) is 4.45. The Balaban J connectivity index is 2.82. The lowest BCUT2D eigenvalue weighted by molar-refractivity contribution is -0.137. The molecule has 1 unspecified atom stereocenters. The number of hydrogen-bond acceptors (Lipinski definition) is 5. The normalized spacial score (nSPS) is 11.7. The molecule has 0 saturated carbocycles. The van der Waals surface area contributed by atoms with Crippen molar-refractivity contribution in [3.05, 3.63) is 29.8 Å². The number of nitrogens with one attached hydrogen (secondary N) is 2. The number of hydrogen-bond donors (Lipinski definition) is 4. The van der Waals surface area contributed by atoms with Crippen molar-refractivity contribution in [3.8, 4) is 0 Å². The molecule has 4 N–H and O–H groups in total. The third kappa shape index (κ3) is 5.72. The van der Waals surface area contributed by atoms with Gasteiger partial charge in [0.05, 0.1) is 19.1 Å². The van der Waals surface area contributed by atoms with Crippen molar-refractivity contribution >= 4 is 23.3 Å². The number of carbonyl (C=O) groups excluding carboxylic acids is 2. The van der Waals surface area contributed by atoms with Gasteiger partial charge in [-0.2, -0.15) is 0 Å². The molecule has 1 aromatic carbocycles. The van der Waals surface area contributed by atoms with Gasteiger partial charge in [0.25, 0.3) is 0 Å². The number of aliphatic hydroxyl groups excluding tert-OH is 1. The molecule has 1 rings (SSSR count). The van der Waals surface area contributed by atoms with Gasteiger partial charge in [-0.25, -0.2) is 0 Å². The highest BCUT2D eigenvalue weighted by atomic mass is 16.4. The zero-order valence-corrected chi connectivity index (χ0v) is 11.6. The Bertz CT molecular complexity index is 513. The van der Waals surface area contributed by atoms with Crippen LogP contribution in [0.5, 0.6) is 0 Å². The van der Waals surface area contributed by atoms with Crippen molar-refractivity contribution in [2.45, 2.75) is 19.4 Å². The first-order valence-corrected chi connectivity index (χ1v) is 6.42. The van der Waals surface area contributed by atoms with Gasteiger partial charge >= 0.3 is 5.97 Å². The van der Waals surface area contributed by atoms with Crippen molar-refractivity contribution < 1.29 is 24.6 Å². The first kappa shape index (κ1) is 16.8. The van der Waals surface area contributed by atoms with E-state index in [1.807, 2.05) is 0 Å². The highest BCUT2D eigenvalue weighted by molar-refractivity contribution is 6.02. The molecule has 7 heteroatoms. The number of amides is 1. The zero-order valence-electron chi connectivity index (χ0n) is 11.6. The third-order valence-corrected chi connectivity index (χ3v) is 2.69. The van der Waals surface area contributed by atoms with E-state index in [9.17, 15) is 14.4 Å². The van der Waals surface area contributed by atoms with Crippen LogP contribution >= 0.6 is 0 Å². The second kappa shape index (κ2) is 8.13. The monoisotopic (exact) mass is 294 g/mol. The van der Waals surface area contributed by atoms with Crippen LogP contribution in [0.25, 0.3) is 0 Å². The molecule has 0 fully saturated rings. The maximum absolute atomic E-state index is 12.2. The number of benzene rings is 1. The molecule has 1 aromatic rings. The smallest absolute Gasteiger partial charge is 0.305 e. The standard InChI is InChI=1S/C14H18N2O5/c1-9(18)16-11-4-2-10(3-5-11)14(21)12(8-13(19)20)15-6-7-17/h2-5,12,15,17H,6-8H2,1H3,(H,16,18)(H,19,20). The van der Waals surface area contributed by atoms with E-state index in [0.717, 1.165) is 0 Å². The molecule has 1 atom stereocenters. The molecule has 0 aromatic heterocycles. The number of carboxylic acids is 1. The highest BCUT2D eigenvalue weighted by Gasteiger charge is 2.22. The molecular weight excluding hydrogens is 276 g/mol. The Morgan fingerprint density at radius 1 is 1.19 bits per heavy atom. The Morgan fingerprint density at radius 2 is 1.81 bits per heavy atom. The minimum Gasteiger partial charge on any atom is -0.481 e. The van der Waals surface area contributed by atoms with Crippen LogP contribution in [0.3, 0.4) is 0 Å². The van der Waals surface area contributed by atoms with E-state index in [1.165, 1.54) is 19.1 Å². The van der Waals surface area contributed by atoms with Gasteiger partial charge in [0, 0.05) is 24.7 Å². The lowest BCUT2D eigenvalue weighted by Crippen LogP contribution is -2.40. The largest absolute Gasteiger partial charge is 0.481 e. The van der Waals surface area contributed by atoms with E-state index >= 15 is 0 Å². The van der Waals surface area contributed by atoms with Gasteiger partial charge in [-0.1, -0.05) is 0 Å². The molecule has 1 amide bonds. The number of ketones is 1. The first-order valence-electron chi connectivity index (χ1n) is 6.42. The Kier molecular flexibility index (Phi) is 6.51. The number of anilines is 1. The number of aliphatic hydroxyl groups is 1. The van der Waals surface area contributed by atoms with Crippen LogP contribution in [0.15, 0.2) is 24.3 Å². The van der Waals surface area contributed by atoms with Gasteiger partial charge in [-0.3, -0.25) is 14.4 Å². The molecule has 0 spiro atoms. The first-order chi connectivity index (χ1) is 9.93. The van der Waals surface area contributed by atoms with Crippen LogP contribution in [-0.4, -0.2) is 47.1 Å². The molecule has 0 saturated heterocycles. The van der Waals surface area contributed by atoms with Crippen LogP contribution in [0, 0.1) is 0 Å². The fourth-order valence-corrected chi connectivity index (χ4v) is 1.79. The zero-order chi connectivity index (χ0) is 15.8. The SMILES string of the molecule is CC(=O)Nc1ccc(C(=O)C(CC(=O)O)NCCO)cc1. The van der Waals surface area contributed by atoms with Gasteiger partial charge in [0.15, 0.2) is 5.78 Å². The summed E-state index contributed by atoms with van der Waals surface area (Å²) < 4.78 is 0. The van der Waals surface area contributed by atoms with E-state index in [2.05, 4.69) is 10.6 Å². The predicted molar refractivity (Wildman–Crippen MR) is 76.2 cm³/mol. The molecule has 21 heavy (non-hydrogen) atoms. The predicted octanol–water partition coefficient (Wildman–Crippen LogP) is 0.253. The highest BCUT2D eigenvalue weighted by Crippen LogP contribution is 2.12. The number of aliphatic carboxylic acids is 1. The Hall–Kier alpha value is -2.25. The number of carbonyl (C=O) groups is 3. The van der Waals surface area contributed by atoms with Gasteiger partial charge in [-0.05, 0) is 24.3 Å². The van der Waals surface area contributed by atoms with Crippen LogP contribution in [-0.2, 0) is 9.59 Å². The number of rotatable bonds is 8. The third-order valence-electron chi connectivity index (χ3n) is 2.69. The summed E-state index contributed by atoms with van der Waals surface area (Å²) in [4.78, 5) is 33.9. The Morgan fingerprint density at radius 3 is 2.29 bits per heavy atom. The maximum Gasteiger partial charge on any atom is 0.305 e. The lowest BCUT2D eigenvalue weighted by atomic mass is 10.0. The molecule has 0 radical (unpaired) electrons. The van der Waals surface area contributed by atoms with Crippen LogP contribution in [0.2, 0.25) is 0 Å². The van der Waals surface area contributed by atoms with E-state index in [0.29, 0.717) is 11.3 Å². The number of carboxylic acid groups (broad SMARTS) is 1. The molecule has 0 aliphatic carbocycles. The van der Waals surface area contributed by atoms with Crippen LogP contribution in [0.1, 0.15) is 23.7 Å². The van der Waals surface area contributed by atoms with Gasteiger partial charge < -0.3 is 20.8 Å². The fraction of sp³-hybridized carbons (Fsp3) is 0.357. The maximum atomic E-state index is 12.2. The number of Topliss-reactive ketones (excluding diaryl/α,β-unsaturated/α-hetero) is 1. The molecule has 114 valence electrons. The average molecular weight is 294 g/mol. The molecule has 0 bridgehead atoms. The van der Waals surface area contributed by atoms with Crippen molar-refractivity contribution in [3.63, 3.8) is 0 Å². The van der Waals surface area contributed by atoms with Crippen LogP contribution < -0.4 is 10.6 Å². The fourth-order valence-electron chi connectivity index (χ4n) is 1.79. The van der Waals surface area contributed by atoms with E-state index in [1.54, 1.807) is 12.1 Å². The summed E-state index contributed by atoms with van der Waals surface area (Å²) in [6.45, 7) is 1.32. The summed E-state index contributed by atoms with van der Waals surface area (Å²) >= 11 is 0. The second-order valence-electron chi connectivity index (χ2n) is 4.45. The van der Waals surface area contributed by atoms with E-state index in [4.69, 9.17) is 10.2 Å². The van der Waals surface area contributed by atoms with E-state index < -0.39 is 12.0 Å². The average Bonchev–Trinajstić information content (AvgIpc) is 2.42. The van der Waals surface area contributed by atoms with Crippen LogP contribution in [0.4, 0.5) is 5.69 Å². The molecule has 0 aliphatic heterocycles. The quantitative estimate of drug-likeness (QED) is 0.511. The summed E-state index contributed by atoms with van der Waals surface area (Å²) in [7, 11) is 0. The molecule has 0 heterocycles. The summed E-state index contributed by atoms with van der Waals surface area (Å²) in [5.74, 6) is -1.70. The minimum absolute atomic E-state index is 0.133. The van der Waals surface area contributed by atoms with Crippen molar-refractivity contribution in [1.29, 1.82) is 0 Å².